The zero-order valence-corrected chi connectivity index (χ0v) is 8.50. The van der Waals surface area contributed by atoms with Crippen LogP contribution in [0.3, 0.4) is 0 Å². The standard InChI is InChI=1S/C6H12Br2/c1-3-4-6(8)5(2)7/h5-6H,3-4H2,1-2H3/t5-,6+/m0/s1. The molecule has 0 radical (unpaired) electrons. The SMILES string of the molecule is CCC[C@@H](Br)[C@H](C)Br. The Morgan fingerprint density at radius 3 is 2.00 bits per heavy atom. The van der Waals surface area contributed by atoms with Crippen LogP contribution in [0.2, 0.25) is 0 Å². The molecule has 0 spiro atoms. The molecule has 50 valence electrons. The molecule has 0 nitrogen and oxygen atoms in total. The molecule has 0 amide bonds. The lowest BCUT2D eigenvalue weighted by atomic mass is 10.2. The lowest BCUT2D eigenvalue weighted by molar-refractivity contribution is 0.746. The second kappa shape index (κ2) is 4.80. The van der Waals surface area contributed by atoms with Gasteiger partial charge in [0, 0.05) is 9.65 Å². The first-order valence-electron chi connectivity index (χ1n) is 2.96. The Bertz CT molecular complexity index is 52.5. The molecule has 0 fully saturated rings. The summed E-state index contributed by atoms with van der Waals surface area (Å²) in [5, 5.41) is 0. The molecule has 0 N–H and O–H groups in total. The van der Waals surface area contributed by atoms with Gasteiger partial charge in [0.05, 0.1) is 0 Å². The summed E-state index contributed by atoms with van der Waals surface area (Å²) in [6, 6.07) is 0. The van der Waals surface area contributed by atoms with Crippen molar-refractivity contribution in [1.82, 2.24) is 0 Å². The van der Waals surface area contributed by atoms with Crippen molar-refractivity contribution in [3.63, 3.8) is 0 Å². The first kappa shape index (κ1) is 8.96. The molecule has 0 aliphatic carbocycles. The van der Waals surface area contributed by atoms with Crippen molar-refractivity contribution < 1.29 is 0 Å². The van der Waals surface area contributed by atoms with Crippen molar-refractivity contribution in [3.8, 4) is 0 Å². The quantitative estimate of drug-likeness (QED) is 0.668. The normalized spacial score (nSPS) is 18.0. The third kappa shape index (κ3) is 3.90. The van der Waals surface area contributed by atoms with Crippen LogP contribution in [-0.2, 0) is 0 Å². The summed E-state index contributed by atoms with van der Waals surface area (Å²) < 4.78 is 0. The third-order valence-corrected chi connectivity index (χ3v) is 3.66. The second-order valence-electron chi connectivity index (χ2n) is 1.98. The average Bonchev–Trinajstić information content (AvgIpc) is 1.67. The van der Waals surface area contributed by atoms with Crippen molar-refractivity contribution in [1.29, 1.82) is 0 Å². The predicted molar refractivity (Wildman–Crippen MR) is 46.0 cm³/mol. The molecule has 0 saturated heterocycles. The van der Waals surface area contributed by atoms with E-state index in [1.165, 1.54) is 12.8 Å². The molecule has 0 bridgehead atoms. The van der Waals surface area contributed by atoms with E-state index < -0.39 is 0 Å². The summed E-state index contributed by atoms with van der Waals surface area (Å²) in [5.41, 5.74) is 0. The van der Waals surface area contributed by atoms with Gasteiger partial charge in [0.15, 0.2) is 0 Å². The zero-order chi connectivity index (χ0) is 6.57. The smallest absolute Gasteiger partial charge is 0.0268 e. The molecule has 2 heteroatoms. The fourth-order valence-corrected chi connectivity index (χ4v) is 1.23. The maximum atomic E-state index is 3.56. The topological polar surface area (TPSA) is 0 Å². The van der Waals surface area contributed by atoms with Crippen LogP contribution in [-0.4, -0.2) is 9.65 Å². The van der Waals surface area contributed by atoms with Gasteiger partial charge in [-0.2, -0.15) is 0 Å². The molecule has 0 aromatic heterocycles. The van der Waals surface area contributed by atoms with Crippen molar-refractivity contribution in [3.05, 3.63) is 0 Å². The Labute approximate surface area is 68.3 Å². The number of halogens is 2. The van der Waals surface area contributed by atoms with E-state index >= 15 is 0 Å². The molecule has 0 rings (SSSR count). The van der Waals surface area contributed by atoms with Crippen LogP contribution in [0.25, 0.3) is 0 Å². The fraction of sp³-hybridized carbons (Fsp3) is 1.00. The summed E-state index contributed by atoms with van der Waals surface area (Å²) in [6.45, 7) is 4.36. The van der Waals surface area contributed by atoms with Gasteiger partial charge in [-0.3, -0.25) is 0 Å². The maximum absolute atomic E-state index is 3.56. The largest absolute Gasteiger partial charge is 0.0882 e. The van der Waals surface area contributed by atoms with Gasteiger partial charge >= 0.3 is 0 Å². The van der Waals surface area contributed by atoms with Gasteiger partial charge in [0.1, 0.15) is 0 Å². The Balaban J connectivity index is 3.17. The van der Waals surface area contributed by atoms with Crippen LogP contribution in [0.1, 0.15) is 26.7 Å². The average molecular weight is 244 g/mol. The fourth-order valence-electron chi connectivity index (χ4n) is 0.505. The van der Waals surface area contributed by atoms with Crippen molar-refractivity contribution in [2.45, 2.75) is 36.3 Å². The highest BCUT2D eigenvalue weighted by Crippen LogP contribution is 2.17. The molecule has 8 heavy (non-hydrogen) atoms. The molecular weight excluding hydrogens is 232 g/mol. The minimum absolute atomic E-state index is 0.599. The summed E-state index contributed by atoms with van der Waals surface area (Å²) in [6.07, 6.45) is 2.51. The summed E-state index contributed by atoms with van der Waals surface area (Å²) in [7, 11) is 0. The maximum Gasteiger partial charge on any atom is 0.0268 e. The molecule has 0 saturated carbocycles. The number of hydrogen-bond acceptors (Lipinski definition) is 0. The Morgan fingerprint density at radius 2 is 1.88 bits per heavy atom. The molecule has 0 unspecified atom stereocenters. The highest BCUT2D eigenvalue weighted by molar-refractivity contribution is 9.12. The predicted octanol–water partition coefficient (Wildman–Crippen LogP) is 3.33. The number of rotatable bonds is 3. The zero-order valence-electron chi connectivity index (χ0n) is 5.32. The van der Waals surface area contributed by atoms with E-state index in [9.17, 15) is 0 Å². The molecular formula is C6H12Br2. The number of hydrogen-bond donors (Lipinski definition) is 0. The van der Waals surface area contributed by atoms with Crippen LogP contribution in [0, 0.1) is 0 Å². The van der Waals surface area contributed by atoms with Gasteiger partial charge in [0.25, 0.3) is 0 Å². The highest BCUT2D eigenvalue weighted by atomic mass is 79.9. The molecule has 2 atom stereocenters. The molecule has 0 heterocycles. The Kier molecular flexibility index (Phi) is 5.38. The van der Waals surface area contributed by atoms with Gasteiger partial charge in [0.2, 0.25) is 0 Å². The third-order valence-electron chi connectivity index (χ3n) is 1.06. The van der Waals surface area contributed by atoms with E-state index in [-0.39, 0.29) is 0 Å². The van der Waals surface area contributed by atoms with Gasteiger partial charge in [-0.15, -0.1) is 0 Å². The van der Waals surface area contributed by atoms with Crippen LogP contribution in [0.5, 0.6) is 0 Å². The first-order valence-corrected chi connectivity index (χ1v) is 4.79. The van der Waals surface area contributed by atoms with Crippen LogP contribution < -0.4 is 0 Å². The monoisotopic (exact) mass is 242 g/mol. The lowest BCUT2D eigenvalue weighted by Crippen LogP contribution is -2.08. The van der Waals surface area contributed by atoms with Crippen molar-refractivity contribution >= 4 is 31.9 Å². The van der Waals surface area contributed by atoms with E-state index in [0.29, 0.717) is 9.65 Å². The van der Waals surface area contributed by atoms with Crippen LogP contribution >= 0.6 is 31.9 Å². The lowest BCUT2D eigenvalue weighted by Gasteiger charge is -2.08. The second-order valence-corrected chi connectivity index (χ2v) is 4.60. The Morgan fingerprint density at radius 1 is 1.38 bits per heavy atom. The van der Waals surface area contributed by atoms with Gasteiger partial charge in [-0.25, -0.2) is 0 Å². The van der Waals surface area contributed by atoms with Gasteiger partial charge in [-0.05, 0) is 6.42 Å². The molecule has 0 aliphatic rings. The Hall–Kier alpha value is 0.960. The summed E-state index contributed by atoms with van der Waals surface area (Å²) in [4.78, 5) is 1.25. The number of alkyl halides is 2. The van der Waals surface area contributed by atoms with E-state index in [2.05, 4.69) is 45.7 Å². The van der Waals surface area contributed by atoms with Gasteiger partial charge < -0.3 is 0 Å². The molecule has 0 aliphatic heterocycles. The van der Waals surface area contributed by atoms with Crippen LogP contribution in [0.15, 0.2) is 0 Å². The molecule has 0 aromatic rings. The molecule has 0 aromatic carbocycles. The van der Waals surface area contributed by atoms with E-state index in [1.54, 1.807) is 0 Å². The minimum atomic E-state index is 0.599. The summed E-state index contributed by atoms with van der Waals surface area (Å²) in [5.74, 6) is 0. The van der Waals surface area contributed by atoms with Crippen LogP contribution in [0.4, 0.5) is 0 Å². The van der Waals surface area contributed by atoms with Crippen molar-refractivity contribution in [2.75, 3.05) is 0 Å². The highest BCUT2D eigenvalue weighted by Gasteiger charge is 2.07. The summed E-state index contributed by atoms with van der Waals surface area (Å²) >= 11 is 7.05. The minimum Gasteiger partial charge on any atom is -0.0882 e. The van der Waals surface area contributed by atoms with Gasteiger partial charge in [-0.1, -0.05) is 52.1 Å². The van der Waals surface area contributed by atoms with E-state index in [4.69, 9.17) is 0 Å². The van der Waals surface area contributed by atoms with E-state index in [0.717, 1.165) is 0 Å². The van der Waals surface area contributed by atoms with E-state index in [1.807, 2.05) is 0 Å². The van der Waals surface area contributed by atoms with Crippen molar-refractivity contribution in [2.24, 2.45) is 0 Å². The first-order chi connectivity index (χ1) is 3.68.